The van der Waals surface area contributed by atoms with Gasteiger partial charge in [-0.15, -0.1) is 0 Å². The SMILES string of the molecule is CCCN(CCC)CCOCCN(C)c1c(C(C)(C)C)c(=O)c1=O. The maximum absolute atomic E-state index is 11.9. The maximum Gasteiger partial charge on any atom is 0.249 e. The third-order valence-electron chi connectivity index (χ3n) is 4.22. The van der Waals surface area contributed by atoms with Crippen LogP contribution in [0.1, 0.15) is 53.0 Å². The lowest BCUT2D eigenvalue weighted by Gasteiger charge is -2.29. The molecule has 0 fully saturated rings. The second-order valence-corrected chi connectivity index (χ2v) is 7.51. The van der Waals surface area contributed by atoms with Crippen LogP contribution in [0.3, 0.4) is 0 Å². The van der Waals surface area contributed by atoms with Gasteiger partial charge in [-0.05, 0) is 31.3 Å². The van der Waals surface area contributed by atoms with Gasteiger partial charge in [0.05, 0.1) is 18.9 Å². The third-order valence-corrected chi connectivity index (χ3v) is 4.22. The highest BCUT2D eigenvalue weighted by Crippen LogP contribution is 2.27. The first kappa shape index (κ1) is 20.8. The number of hydrogen-bond donors (Lipinski definition) is 0. The molecule has 0 amide bonds. The molecule has 0 radical (unpaired) electrons. The molecule has 0 bridgehead atoms. The van der Waals surface area contributed by atoms with Crippen molar-refractivity contribution >= 4 is 5.69 Å². The summed E-state index contributed by atoms with van der Waals surface area (Å²) in [6.07, 6.45) is 2.31. The van der Waals surface area contributed by atoms with Crippen LogP contribution in [-0.2, 0) is 10.2 Å². The van der Waals surface area contributed by atoms with Crippen molar-refractivity contribution in [1.82, 2.24) is 4.90 Å². The molecule has 0 aliphatic carbocycles. The Balaban J connectivity index is 2.43. The minimum Gasteiger partial charge on any atom is -0.378 e. The minimum absolute atomic E-state index is 0.295. The van der Waals surface area contributed by atoms with Gasteiger partial charge in [-0.25, -0.2) is 0 Å². The lowest BCUT2D eigenvalue weighted by molar-refractivity contribution is 0.108. The lowest BCUT2D eigenvalue weighted by Crippen LogP contribution is -2.47. The zero-order valence-corrected chi connectivity index (χ0v) is 16.3. The Morgan fingerprint density at radius 1 is 0.875 bits per heavy atom. The van der Waals surface area contributed by atoms with Crippen molar-refractivity contribution in [3.05, 3.63) is 26.0 Å². The average Bonchev–Trinajstić information content (AvgIpc) is 2.50. The van der Waals surface area contributed by atoms with Gasteiger partial charge in [0.15, 0.2) is 0 Å². The molecule has 0 unspecified atom stereocenters. The molecule has 5 nitrogen and oxygen atoms in total. The molecule has 1 aromatic rings. The number of likely N-dealkylation sites (N-methyl/N-ethyl adjacent to an activating group) is 1. The van der Waals surface area contributed by atoms with E-state index in [4.69, 9.17) is 4.74 Å². The molecule has 1 aromatic carbocycles. The van der Waals surface area contributed by atoms with E-state index in [0.29, 0.717) is 31.0 Å². The van der Waals surface area contributed by atoms with Crippen LogP contribution in [0.5, 0.6) is 0 Å². The summed E-state index contributed by atoms with van der Waals surface area (Å²) in [4.78, 5) is 28.0. The summed E-state index contributed by atoms with van der Waals surface area (Å²) in [6.45, 7) is 15.3. The molecule has 0 heterocycles. The zero-order valence-electron chi connectivity index (χ0n) is 16.3. The summed E-state index contributed by atoms with van der Waals surface area (Å²) in [5.41, 5.74) is 0.220. The predicted molar refractivity (Wildman–Crippen MR) is 101 cm³/mol. The van der Waals surface area contributed by atoms with Crippen LogP contribution in [0.25, 0.3) is 0 Å². The van der Waals surface area contributed by atoms with Crippen molar-refractivity contribution in [3.8, 4) is 0 Å². The smallest absolute Gasteiger partial charge is 0.249 e. The standard InChI is InChI=1S/C19H34N2O3/c1-7-9-21(10-8-2)12-14-24-13-11-20(6)16-15(19(3,4)5)17(22)18(16)23/h7-14H2,1-6H3. The van der Waals surface area contributed by atoms with Crippen LogP contribution in [-0.4, -0.2) is 51.3 Å². The molecule has 0 aliphatic heterocycles. The highest BCUT2D eigenvalue weighted by atomic mass is 16.5. The largest absolute Gasteiger partial charge is 0.378 e. The fourth-order valence-corrected chi connectivity index (χ4v) is 3.02. The average molecular weight is 338 g/mol. The highest BCUT2D eigenvalue weighted by molar-refractivity contribution is 5.60. The van der Waals surface area contributed by atoms with Gasteiger partial charge < -0.3 is 14.5 Å². The van der Waals surface area contributed by atoms with Gasteiger partial charge in [0, 0.05) is 25.7 Å². The van der Waals surface area contributed by atoms with Crippen molar-refractivity contribution in [2.75, 3.05) is 51.3 Å². The summed E-state index contributed by atoms with van der Waals surface area (Å²) in [5.74, 6) is 0. The highest BCUT2D eigenvalue weighted by Gasteiger charge is 2.31. The van der Waals surface area contributed by atoms with Crippen LogP contribution < -0.4 is 15.8 Å². The number of anilines is 1. The van der Waals surface area contributed by atoms with Crippen molar-refractivity contribution in [2.45, 2.75) is 52.9 Å². The van der Waals surface area contributed by atoms with E-state index in [-0.39, 0.29) is 16.3 Å². The molecule has 24 heavy (non-hydrogen) atoms. The van der Waals surface area contributed by atoms with Gasteiger partial charge in [0.25, 0.3) is 0 Å². The van der Waals surface area contributed by atoms with Crippen molar-refractivity contribution in [1.29, 1.82) is 0 Å². The first-order valence-electron chi connectivity index (χ1n) is 9.09. The molecule has 0 saturated carbocycles. The number of ether oxygens (including phenoxy) is 1. The maximum atomic E-state index is 11.9. The molecule has 0 atom stereocenters. The van der Waals surface area contributed by atoms with Crippen LogP contribution in [0, 0.1) is 0 Å². The number of rotatable bonds is 11. The zero-order chi connectivity index (χ0) is 18.3. The Morgan fingerprint density at radius 2 is 1.42 bits per heavy atom. The van der Waals surface area contributed by atoms with E-state index >= 15 is 0 Å². The fraction of sp³-hybridized carbons (Fsp3) is 0.789. The van der Waals surface area contributed by atoms with Gasteiger partial charge in [0.1, 0.15) is 0 Å². The molecule has 0 spiro atoms. The Bertz CT molecular complexity index is 562. The molecule has 0 saturated heterocycles. The quantitative estimate of drug-likeness (QED) is 0.457. The summed E-state index contributed by atoms with van der Waals surface area (Å²) in [6, 6.07) is 0. The van der Waals surface area contributed by atoms with Crippen molar-refractivity contribution in [3.63, 3.8) is 0 Å². The molecule has 0 aromatic heterocycles. The van der Waals surface area contributed by atoms with E-state index in [2.05, 4.69) is 18.7 Å². The van der Waals surface area contributed by atoms with Crippen molar-refractivity contribution < 1.29 is 4.74 Å². The normalized spacial score (nSPS) is 12.3. The van der Waals surface area contributed by atoms with Gasteiger partial charge in [-0.3, -0.25) is 9.59 Å². The molecular weight excluding hydrogens is 304 g/mol. The predicted octanol–water partition coefficient (Wildman–Crippen LogP) is 2.15. The van der Waals surface area contributed by atoms with E-state index in [1.165, 1.54) is 0 Å². The first-order valence-corrected chi connectivity index (χ1v) is 9.09. The second kappa shape index (κ2) is 9.33. The van der Waals surface area contributed by atoms with Gasteiger partial charge in [-0.1, -0.05) is 34.6 Å². The summed E-state index contributed by atoms with van der Waals surface area (Å²) >= 11 is 0. The van der Waals surface area contributed by atoms with Crippen LogP contribution in [0.2, 0.25) is 0 Å². The van der Waals surface area contributed by atoms with Crippen LogP contribution in [0.15, 0.2) is 9.59 Å². The summed E-state index contributed by atoms with van der Waals surface area (Å²) < 4.78 is 5.73. The fourth-order valence-electron chi connectivity index (χ4n) is 3.02. The third kappa shape index (κ3) is 5.42. The molecule has 0 aliphatic rings. The molecule has 1 rings (SSSR count). The minimum atomic E-state index is -0.362. The molecule has 0 N–H and O–H groups in total. The Hall–Kier alpha value is -1.20. The Morgan fingerprint density at radius 3 is 1.92 bits per heavy atom. The second-order valence-electron chi connectivity index (χ2n) is 7.51. The Kier molecular flexibility index (Phi) is 8.10. The lowest BCUT2D eigenvalue weighted by atomic mass is 9.82. The monoisotopic (exact) mass is 338 g/mol. The van der Waals surface area contributed by atoms with E-state index in [0.717, 1.165) is 32.5 Å². The van der Waals surface area contributed by atoms with E-state index in [1.807, 2.05) is 32.7 Å². The van der Waals surface area contributed by atoms with Crippen LogP contribution in [0.4, 0.5) is 5.69 Å². The first-order chi connectivity index (χ1) is 11.2. The number of hydrogen-bond acceptors (Lipinski definition) is 5. The van der Waals surface area contributed by atoms with Gasteiger partial charge >= 0.3 is 0 Å². The van der Waals surface area contributed by atoms with Crippen molar-refractivity contribution in [2.24, 2.45) is 0 Å². The summed E-state index contributed by atoms with van der Waals surface area (Å²) in [5, 5.41) is 0. The summed E-state index contributed by atoms with van der Waals surface area (Å²) in [7, 11) is 1.86. The van der Waals surface area contributed by atoms with Gasteiger partial charge in [0.2, 0.25) is 10.9 Å². The topological polar surface area (TPSA) is 49.9 Å². The van der Waals surface area contributed by atoms with Crippen LogP contribution >= 0.6 is 0 Å². The molecule has 5 heteroatoms. The van der Waals surface area contributed by atoms with E-state index < -0.39 is 0 Å². The van der Waals surface area contributed by atoms with E-state index in [9.17, 15) is 9.59 Å². The Labute approximate surface area is 146 Å². The molecular formula is C19H34N2O3. The van der Waals surface area contributed by atoms with E-state index in [1.54, 1.807) is 0 Å². The number of nitrogens with zero attached hydrogens (tertiary/aromatic N) is 2. The van der Waals surface area contributed by atoms with Gasteiger partial charge in [-0.2, -0.15) is 0 Å². The molecule has 138 valence electrons.